The van der Waals surface area contributed by atoms with Gasteiger partial charge in [0.05, 0.1) is 24.3 Å². The lowest BCUT2D eigenvalue weighted by Crippen LogP contribution is -2.39. The number of carbonyl (C=O) groups is 1. The van der Waals surface area contributed by atoms with Crippen LogP contribution in [0.25, 0.3) is 0 Å². The fraction of sp³-hybridized carbons (Fsp3) is 0.692. The maximum absolute atomic E-state index is 12.3. The van der Waals surface area contributed by atoms with Crippen molar-refractivity contribution in [3.8, 4) is 0 Å². The molecule has 0 saturated heterocycles. The van der Waals surface area contributed by atoms with E-state index in [-0.39, 0.29) is 0 Å². The van der Waals surface area contributed by atoms with E-state index in [0.717, 1.165) is 32.4 Å². The molecule has 1 fully saturated rings. The summed E-state index contributed by atoms with van der Waals surface area (Å²) in [6, 6.07) is 0. The van der Waals surface area contributed by atoms with Crippen molar-refractivity contribution in [3.05, 3.63) is 17.7 Å². The molecule has 1 saturated carbocycles. The van der Waals surface area contributed by atoms with E-state index in [2.05, 4.69) is 4.98 Å². The molecule has 92 valence electrons. The SMILES string of the molecule is Cn1cnc2c1CN(C(=O)C1CCCC1)CC2. The molecule has 0 unspecified atom stereocenters. The highest BCUT2D eigenvalue weighted by Gasteiger charge is 2.30. The van der Waals surface area contributed by atoms with Crippen LogP contribution in [0.1, 0.15) is 37.1 Å². The van der Waals surface area contributed by atoms with Gasteiger partial charge >= 0.3 is 0 Å². The number of carbonyl (C=O) groups excluding carboxylic acids is 1. The highest BCUT2D eigenvalue weighted by molar-refractivity contribution is 5.79. The lowest BCUT2D eigenvalue weighted by Gasteiger charge is -2.29. The van der Waals surface area contributed by atoms with Crippen LogP contribution in [0.5, 0.6) is 0 Å². The summed E-state index contributed by atoms with van der Waals surface area (Å²) in [5.74, 6) is 0.666. The Balaban J connectivity index is 1.74. The molecular weight excluding hydrogens is 214 g/mol. The minimum absolute atomic E-state index is 0.296. The van der Waals surface area contributed by atoms with Crippen molar-refractivity contribution in [1.82, 2.24) is 14.5 Å². The number of hydrogen-bond donors (Lipinski definition) is 0. The number of rotatable bonds is 1. The molecule has 3 rings (SSSR count). The molecule has 0 bridgehead atoms. The molecule has 0 aromatic carbocycles. The first-order valence-corrected chi connectivity index (χ1v) is 6.53. The van der Waals surface area contributed by atoms with Gasteiger partial charge in [-0.2, -0.15) is 0 Å². The number of aromatic nitrogens is 2. The number of nitrogens with zero attached hydrogens (tertiary/aromatic N) is 3. The van der Waals surface area contributed by atoms with Crippen molar-refractivity contribution in [3.63, 3.8) is 0 Å². The van der Waals surface area contributed by atoms with Gasteiger partial charge in [0.25, 0.3) is 0 Å². The quantitative estimate of drug-likeness (QED) is 0.737. The highest BCUT2D eigenvalue weighted by Crippen LogP contribution is 2.28. The van der Waals surface area contributed by atoms with E-state index < -0.39 is 0 Å². The number of aryl methyl sites for hydroxylation is 1. The third-order valence-corrected chi connectivity index (χ3v) is 4.12. The number of hydrogen-bond acceptors (Lipinski definition) is 2. The molecule has 2 heterocycles. The summed E-state index contributed by atoms with van der Waals surface area (Å²) in [5, 5.41) is 0. The zero-order valence-corrected chi connectivity index (χ0v) is 10.4. The molecule has 4 heteroatoms. The van der Waals surface area contributed by atoms with Crippen molar-refractivity contribution in [2.45, 2.75) is 38.6 Å². The third kappa shape index (κ3) is 1.85. The molecule has 1 aliphatic carbocycles. The summed E-state index contributed by atoms with van der Waals surface area (Å²) in [4.78, 5) is 18.7. The minimum atomic E-state index is 0.296. The first-order chi connectivity index (χ1) is 8.25. The molecule has 0 atom stereocenters. The van der Waals surface area contributed by atoms with Crippen LogP contribution in [0.3, 0.4) is 0 Å². The van der Waals surface area contributed by atoms with Crippen LogP contribution in [0.2, 0.25) is 0 Å². The van der Waals surface area contributed by atoms with E-state index in [9.17, 15) is 4.79 Å². The van der Waals surface area contributed by atoms with Crippen LogP contribution in [-0.2, 0) is 24.8 Å². The second-order valence-electron chi connectivity index (χ2n) is 5.24. The maximum atomic E-state index is 12.3. The van der Waals surface area contributed by atoms with Crippen LogP contribution < -0.4 is 0 Å². The number of imidazole rings is 1. The Hall–Kier alpha value is -1.32. The molecule has 1 aliphatic heterocycles. The maximum Gasteiger partial charge on any atom is 0.226 e. The molecule has 1 amide bonds. The summed E-state index contributed by atoms with van der Waals surface area (Å²) in [6.45, 7) is 1.60. The van der Waals surface area contributed by atoms with Crippen molar-refractivity contribution >= 4 is 5.91 Å². The van der Waals surface area contributed by atoms with Crippen molar-refractivity contribution in [2.75, 3.05) is 6.54 Å². The lowest BCUT2D eigenvalue weighted by atomic mass is 10.0. The lowest BCUT2D eigenvalue weighted by molar-refractivity contribution is -0.136. The van der Waals surface area contributed by atoms with E-state index in [1.165, 1.54) is 24.2 Å². The fourth-order valence-electron chi connectivity index (χ4n) is 3.04. The molecular formula is C13H19N3O. The Bertz CT molecular complexity index is 432. The van der Waals surface area contributed by atoms with Gasteiger partial charge in [0, 0.05) is 25.9 Å². The monoisotopic (exact) mass is 233 g/mol. The van der Waals surface area contributed by atoms with Crippen LogP contribution >= 0.6 is 0 Å². The average molecular weight is 233 g/mol. The van der Waals surface area contributed by atoms with Gasteiger partial charge in [-0.05, 0) is 12.8 Å². The van der Waals surface area contributed by atoms with Crippen molar-refractivity contribution in [2.24, 2.45) is 13.0 Å². The second-order valence-corrected chi connectivity index (χ2v) is 5.24. The van der Waals surface area contributed by atoms with Gasteiger partial charge in [-0.3, -0.25) is 4.79 Å². The fourth-order valence-corrected chi connectivity index (χ4v) is 3.04. The smallest absolute Gasteiger partial charge is 0.226 e. The number of amides is 1. The minimum Gasteiger partial charge on any atom is -0.336 e. The summed E-state index contributed by atoms with van der Waals surface area (Å²) < 4.78 is 2.05. The summed E-state index contributed by atoms with van der Waals surface area (Å²) in [7, 11) is 2.01. The molecule has 0 N–H and O–H groups in total. The summed E-state index contributed by atoms with van der Waals surface area (Å²) in [5.41, 5.74) is 2.38. The summed E-state index contributed by atoms with van der Waals surface area (Å²) >= 11 is 0. The van der Waals surface area contributed by atoms with Crippen molar-refractivity contribution < 1.29 is 4.79 Å². The van der Waals surface area contributed by atoms with Gasteiger partial charge in [-0.25, -0.2) is 4.98 Å². The predicted molar refractivity (Wildman–Crippen MR) is 64.3 cm³/mol. The Morgan fingerprint density at radius 2 is 2.18 bits per heavy atom. The molecule has 0 radical (unpaired) electrons. The average Bonchev–Trinajstić information content (AvgIpc) is 2.98. The Labute approximate surface area is 102 Å². The van der Waals surface area contributed by atoms with E-state index in [4.69, 9.17) is 0 Å². The molecule has 4 nitrogen and oxygen atoms in total. The third-order valence-electron chi connectivity index (χ3n) is 4.12. The molecule has 1 aromatic rings. The largest absolute Gasteiger partial charge is 0.336 e. The van der Waals surface area contributed by atoms with E-state index in [1.807, 2.05) is 22.8 Å². The van der Waals surface area contributed by atoms with Gasteiger partial charge in [-0.1, -0.05) is 12.8 Å². The zero-order chi connectivity index (χ0) is 11.8. The Morgan fingerprint density at radius 3 is 2.94 bits per heavy atom. The van der Waals surface area contributed by atoms with Gasteiger partial charge in [0.2, 0.25) is 5.91 Å². The first-order valence-electron chi connectivity index (χ1n) is 6.53. The van der Waals surface area contributed by atoms with Crippen LogP contribution in [-0.4, -0.2) is 26.9 Å². The van der Waals surface area contributed by atoms with Gasteiger partial charge in [-0.15, -0.1) is 0 Å². The van der Waals surface area contributed by atoms with Crippen LogP contribution in [0.15, 0.2) is 6.33 Å². The molecule has 1 aromatic heterocycles. The Kier molecular flexibility index (Phi) is 2.65. The van der Waals surface area contributed by atoms with E-state index >= 15 is 0 Å². The number of fused-ring (bicyclic) bond motifs is 1. The zero-order valence-electron chi connectivity index (χ0n) is 10.4. The normalized spacial score (nSPS) is 20.6. The Morgan fingerprint density at radius 1 is 1.41 bits per heavy atom. The van der Waals surface area contributed by atoms with E-state index in [0.29, 0.717) is 11.8 Å². The second kappa shape index (κ2) is 4.17. The first kappa shape index (κ1) is 10.8. The van der Waals surface area contributed by atoms with Crippen molar-refractivity contribution in [1.29, 1.82) is 0 Å². The van der Waals surface area contributed by atoms with Crippen LogP contribution in [0.4, 0.5) is 0 Å². The standard InChI is InChI=1S/C13H19N3O/c1-15-9-14-11-6-7-16(8-12(11)15)13(17)10-4-2-3-5-10/h9-10H,2-8H2,1H3. The molecule has 17 heavy (non-hydrogen) atoms. The summed E-state index contributed by atoms with van der Waals surface area (Å²) in [6.07, 6.45) is 7.40. The van der Waals surface area contributed by atoms with Gasteiger partial charge in [0.1, 0.15) is 0 Å². The van der Waals surface area contributed by atoms with Crippen LogP contribution in [0, 0.1) is 5.92 Å². The van der Waals surface area contributed by atoms with E-state index in [1.54, 1.807) is 0 Å². The topological polar surface area (TPSA) is 38.1 Å². The van der Waals surface area contributed by atoms with Gasteiger partial charge in [0.15, 0.2) is 0 Å². The molecule has 2 aliphatic rings. The molecule has 0 spiro atoms. The predicted octanol–water partition coefficient (Wildman–Crippen LogP) is 1.49. The highest BCUT2D eigenvalue weighted by atomic mass is 16.2. The van der Waals surface area contributed by atoms with Gasteiger partial charge < -0.3 is 9.47 Å².